The maximum absolute atomic E-state index is 12.9. The predicted octanol–water partition coefficient (Wildman–Crippen LogP) is 1.74. The van der Waals surface area contributed by atoms with Gasteiger partial charge in [-0.25, -0.2) is 4.79 Å². The Hall–Kier alpha value is -2.68. The molecule has 2 aromatic heterocycles. The number of aryl methyl sites for hydroxylation is 1. The summed E-state index contributed by atoms with van der Waals surface area (Å²) < 4.78 is 6.44. The fraction of sp³-hybridized carbons (Fsp3) is 0.375. The van der Waals surface area contributed by atoms with E-state index < -0.39 is 5.97 Å². The number of aromatic nitrogens is 2. The number of nitrogens with one attached hydrogen (secondary N) is 1. The van der Waals surface area contributed by atoms with Crippen LogP contribution in [-0.2, 0) is 22.6 Å². The number of methoxy groups -OCH3 is 1. The van der Waals surface area contributed by atoms with Crippen LogP contribution < -0.4 is 5.32 Å². The number of nitrogens with zero attached hydrogens (tertiary/aromatic N) is 3. The minimum absolute atomic E-state index is 0.145. The van der Waals surface area contributed by atoms with Crippen molar-refractivity contribution in [1.29, 1.82) is 0 Å². The van der Waals surface area contributed by atoms with Gasteiger partial charge in [0.1, 0.15) is 4.88 Å². The number of rotatable bonds is 3. The number of fused-ring (bicyclic) bond motifs is 1. The topological polar surface area (TPSA) is 93.5 Å². The van der Waals surface area contributed by atoms with E-state index in [0.717, 1.165) is 12.1 Å². The molecular formula is C16H18N4O4S. The van der Waals surface area contributed by atoms with Crippen LogP contribution in [-0.4, -0.2) is 46.1 Å². The van der Waals surface area contributed by atoms with Gasteiger partial charge in [0.2, 0.25) is 5.91 Å². The molecule has 9 heteroatoms. The summed E-state index contributed by atoms with van der Waals surface area (Å²) in [5, 5.41) is 8.70. The summed E-state index contributed by atoms with van der Waals surface area (Å²) in [6.07, 6.45) is 0.724. The van der Waals surface area contributed by atoms with Crippen molar-refractivity contribution in [2.24, 2.45) is 0 Å². The maximum atomic E-state index is 12.9. The molecular weight excluding hydrogens is 344 g/mol. The Morgan fingerprint density at radius 1 is 1.32 bits per heavy atom. The van der Waals surface area contributed by atoms with Gasteiger partial charge in [0.15, 0.2) is 5.69 Å². The molecule has 1 aliphatic heterocycles. The Kier molecular flexibility index (Phi) is 4.84. The van der Waals surface area contributed by atoms with Gasteiger partial charge in [0.05, 0.1) is 25.0 Å². The molecule has 0 saturated carbocycles. The number of esters is 1. The van der Waals surface area contributed by atoms with Crippen molar-refractivity contribution in [3.63, 3.8) is 0 Å². The van der Waals surface area contributed by atoms with Crippen LogP contribution in [0.3, 0.4) is 0 Å². The third-order valence-electron chi connectivity index (χ3n) is 3.87. The summed E-state index contributed by atoms with van der Waals surface area (Å²) in [6.45, 7) is 2.96. The van der Waals surface area contributed by atoms with E-state index in [1.807, 2.05) is 0 Å². The van der Waals surface area contributed by atoms with Gasteiger partial charge >= 0.3 is 5.97 Å². The Morgan fingerprint density at radius 2 is 2.12 bits per heavy atom. The first-order chi connectivity index (χ1) is 12.0. The second-order valence-corrected chi connectivity index (χ2v) is 6.58. The minimum atomic E-state index is -0.496. The molecule has 3 heterocycles. The van der Waals surface area contributed by atoms with Crippen molar-refractivity contribution < 1.29 is 19.1 Å². The molecule has 0 saturated heterocycles. The van der Waals surface area contributed by atoms with Crippen LogP contribution in [0.15, 0.2) is 17.5 Å². The summed E-state index contributed by atoms with van der Waals surface area (Å²) in [5.74, 6) is -0.859. The summed E-state index contributed by atoms with van der Waals surface area (Å²) in [5.41, 5.74) is 1.54. The minimum Gasteiger partial charge on any atom is -0.464 e. The lowest BCUT2D eigenvalue weighted by Gasteiger charge is -2.20. The molecule has 25 heavy (non-hydrogen) atoms. The van der Waals surface area contributed by atoms with Crippen molar-refractivity contribution in [3.05, 3.63) is 33.8 Å². The number of anilines is 1. The average Bonchev–Trinajstić information content (AvgIpc) is 3.14. The number of amides is 2. The highest BCUT2D eigenvalue weighted by Crippen LogP contribution is 2.26. The van der Waals surface area contributed by atoms with E-state index in [4.69, 9.17) is 4.74 Å². The first kappa shape index (κ1) is 17.2. The summed E-state index contributed by atoms with van der Waals surface area (Å²) >= 11 is 1.29. The Morgan fingerprint density at radius 3 is 2.84 bits per heavy atom. The number of hydrogen-bond acceptors (Lipinski definition) is 6. The largest absolute Gasteiger partial charge is 0.464 e. The quantitative estimate of drug-likeness (QED) is 0.840. The molecule has 0 radical (unpaired) electrons. The number of carbonyl (C=O) groups excluding carboxylic acids is 3. The zero-order valence-corrected chi connectivity index (χ0v) is 14.8. The van der Waals surface area contributed by atoms with E-state index in [2.05, 4.69) is 10.4 Å². The van der Waals surface area contributed by atoms with Crippen LogP contribution in [0.1, 0.15) is 39.2 Å². The molecule has 132 valence electrons. The Labute approximate surface area is 148 Å². The second-order valence-electron chi connectivity index (χ2n) is 5.66. The first-order valence-electron chi connectivity index (χ1n) is 7.79. The molecule has 1 N–H and O–H groups in total. The number of carbonyl (C=O) groups is 3. The molecule has 0 unspecified atom stereocenters. The molecule has 2 aromatic rings. The molecule has 2 amide bonds. The van der Waals surface area contributed by atoms with Crippen LogP contribution in [0.2, 0.25) is 0 Å². The highest BCUT2D eigenvalue weighted by atomic mass is 32.1. The van der Waals surface area contributed by atoms with Crippen LogP contribution in [0, 0.1) is 0 Å². The van der Waals surface area contributed by atoms with Crippen molar-refractivity contribution >= 4 is 34.8 Å². The molecule has 8 nitrogen and oxygen atoms in total. The van der Waals surface area contributed by atoms with E-state index in [0.29, 0.717) is 30.2 Å². The standard InChI is InChI=1S/C16H18N4O4S/c1-10(21)17-12-4-7-25-14(12)15(22)19-5-3-6-20-11(9-19)8-13(18-20)16(23)24-2/h4,7-8H,3,5-6,9H2,1-2H3,(H,17,21). The first-order valence-corrected chi connectivity index (χ1v) is 8.67. The number of thiophene rings is 1. The molecule has 0 fully saturated rings. The predicted molar refractivity (Wildman–Crippen MR) is 91.5 cm³/mol. The van der Waals surface area contributed by atoms with Gasteiger partial charge < -0.3 is 15.0 Å². The monoisotopic (exact) mass is 362 g/mol. The van der Waals surface area contributed by atoms with Crippen LogP contribution in [0.4, 0.5) is 5.69 Å². The highest BCUT2D eigenvalue weighted by molar-refractivity contribution is 7.12. The molecule has 0 atom stereocenters. The molecule has 1 aliphatic rings. The zero-order valence-electron chi connectivity index (χ0n) is 13.9. The van der Waals surface area contributed by atoms with E-state index in [1.165, 1.54) is 25.4 Å². The Balaban J connectivity index is 1.83. The van der Waals surface area contributed by atoms with Crippen molar-refractivity contribution in [2.75, 3.05) is 19.0 Å². The van der Waals surface area contributed by atoms with E-state index in [9.17, 15) is 14.4 Å². The molecule has 0 aliphatic carbocycles. The molecule has 0 aromatic carbocycles. The van der Waals surface area contributed by atoms with Gasteiger partial charge in [-0.05, 0) is 23.9 Å². The zero-order chi connectivity index (χ0) is 18.0. The summed E-state index contributed by atoms with van der Waals surface area (Å²) in [4.78, 5) is 38.0. The van der Waals surface area contributed by atoms with E-state index in [1.54, 1.807) is 27.1 Å². The number of hydrogen-bond donors (Lipinski definition) is 1. The normalized spacial score (nSPS) is 13.8. The third-order valence-corrected chi connectivity index (χ3v) is 4.77. The molecule has 0 bridgehead atoms. The summed E-state index contributed by atoms with van der Waals surface area (Å²) in [6, 6.07) is 3.37. The van der Waals surface area contributed by atoms with Gasteiger partial charge in [-0.1, -0.05) is 0 Å². The SMILES string of the molecule is COC(=O)c1cc2n(n1)CCCN(C(=O)c1sccc1NC(C)=O)C2. The molecule has 3 rings (SSSR count). The van der Waals surface area contributed by atoms with Crippen molar-refractivity contribution in [1.82, 2.24) is 14.7 Å². The Bertz CT molecular complexity index is 826. The average molecular weight is 362 g/mol. The third kappa shape index (κ3) is 3.55. The maximum Gasteiger partial charge on any atom is 0.358 e. The fourth-order valence-electron chi connectivity index (χ4n) is 2.75. The second kappa shape index (κ2) is 7.06. The van der Waals surface area contributed by atoms with Crippen molar-refractivity contribution in [3.8, 4) is 0 Å². The van der Waals surface area contributed by atoms with Gasteiger partial charge in [-0.2, -0.15) is 5.10 Å². The lowest BCUT2D eigenvalue weighted by molar-refractivity contribution is -0.114. The van der Waals surface area contributed by atoms with Gasteiger partial charge in [-0.3, -0.25) is 14.3 Å². The smallest absolute Gasteiger partial charge is 0.358 e. The molecule has 0 spiro atoms. The summed E-state index contributed by atoms with van der Waals surface area (Å²) in [7, 11) is 1.31. The lowest BCUT2D eigenvalue weighted by Crippen LogP contribution is -2.30. The van der Waals surface area contributed by atoms with Crippen LogP contribution in [0.25, 0.3) is 0 Å². The highest BCUT2D eigenvalue weighted by Gasteiger charge is 2.25. The number of ether oxygens (including phenoxy) is 1. The van der Waals surface area contributed by atoms with Crippen molar-refractivity contribution in [2.45, 2.75) is 26.4 Å². The van der Waals surface area contributed by atoms with E-state index >= 15 is 0 Å². The lowest BCUT2D eigenvalue weighted by atomic mass is 10.3. The van der Waals surface area contributed by atoms with Crippen LogP contribution in [0.5, 0.6) is 0 Å². The van der Waals surface area contributed by atoms with E-state index in [-0.39, 0.29) is 17.5 Å². The fourth-order valence-corrected chi connectivity index (χ4v) is 3.56. The van der Waals surface area contributed by atoms with Gasteiger partial charge in [0, 0.05) is 20.0 Å². The van der Waals surface area contributed by atoms with Gasteiger partial charge in [-0.15, -0.1) is 11.3 Å². The van der Waals surface area contributed by atoms with Gasteiger partial charge in [0.25, 0.3) is 5.91 Å². The van der Waals surface area contributed by atoms with Crippen LogP contribution >= 0.6 is 11.3 Å².